The van der Waals surface area contributed by atoms with Crippen molar-refractivity contribution in [2.75, 3.05) is 13.2 Å². The van der Waals surface area contributed by atoms with E-state index in [1.54, 1.807) is 24.3 Å². The molecule has 7 nitrogen and oxygen atoms in total. The van der Waals surface area contributed by atoms with E-state index in [1.165, 1.54) is 0 Å². The number of H-pyrrole nitrogens is 1. The average molecular weight is 441 g/mol. The van der Waals surface area contributed by atoms with E-state index in [0.29, 0.717) is 41.0 Å². The largest absolute Gasteiger partial charge is 0.491 e. The van der Waals surface area contributed by atoms with Crippen LogP contribution in [0.4, 0.5) is 0 Å². The molecular formula is C26H23N3O4. The number of nitrogens with one attached hydrogen (secondary N) is 1. The maximum absolute atomic E-state index is 13.5. The lowest BCUT2D eigenvalue weighted by atomic mass is 9.71. The van der Waals surface area contributed by atoms with Crippen LogP contribution >= 0.6 is 0 Å². The normalized spacial score (nSPS) is 20.1. The number of carbonyl (C=O) groups excluding carboxylic acids is 1. The first kappa shape index (κ1) is 21.2. The van der Waals surface area contributed by atoms with Gasteiger partial charge in [0.15, 0.2) is 11.6 Å². The number of nitrogens with zero attached hydrogens (tertiary/aromatic N) is 2. The van der Waals surface area contributed by atoms with Crippen molar-refractivity contribution in [3.05, 3.63) is 63.8 Å². The zero-order chi connectivity index (χ0) is 23.5. The molecule has 2 heterocycles. The first-order valence-electron chi connectivity index (χ1n) is 10.8. The van der Waals surface area contributed by atoms with Gasteiger partial charge in [-0.3, -0.25) is 4.79 Å². The molecule has 1 aliphatic carbocycles. The van der Waals surface area contributed by atoms with Gasteiger partial charge in [-0.05, 0) is 43.7 Å². The molecule has 2 aromatic carbocycles. The first-order chi connectivity index (χ1) is 15.7. The van der Waals surface area contributed by atoms with E-state index in [4.69, 9.17) is 14.2 Å². The first-order valence-corrected chi connectivity index (χ1v) is 10.8. The predicted molar refractivity (Wildman–Crippen MR) is 120 cm³/mol. The minimum atomic E-state index is -0.613. The molecule has 1 N–H and O–H groups in total. The molecular weight excluding hydrogens is 418 g/mol. The summed E-state index contributed by atoms with van der Waals surface area (Å²) in [6.45, 7) is 8.61. The van der Waals surface area contributed by atoms with Crippen molar-refractivity contribution in [3.8, 4) is 17.9 Å². The van der Waals surface area contributed by atoms with Gasteiger partial charge in [-0.2, -0.15) is 10.5 Å². The molecule has 1 atom stereocenters. The van der Waals surface area contributed by atoms with E-state index in [0.717, 1.165) is 11.3 Å². The molecule has 0 bridgehead atoms. The second-order valence-electron chi connectivity index (χ2n) is 9.43. The van der Waals surface area contributed by atoms with E-state index in [2.05, 4.69) is 17.1 Å². The third-order valence-corrected chi connectivity index (χ3v) is 6.47. The van der Waals surface area contributed by atoms with Gasteiger partial charge in [0, 0.05) is 22.1 Å². The molecule has 0 spiro atoms. The minimum Gasteiger partial charge on any atom is -0.491 e. The number of ketones is 1. The van der Waals surface area contributed by atoms with Crippen LogP contribution in [0.25, 0.3) is 10.9 Å². The maximum Gasteiger partial charge on any atom is 0.195 e. The van der Waals surface area contributed by atoms with Crippen molar-refractivity contribution >= 4 is 16.7 Å². The smallest absolute Gasteiger partial charge is 0.195 e. The van der Waals surface area contributed by atoms with Crippen molar-refractivity contribution in [2.45, 2.75) is 45.0 Å². The molecule has 0 saturated carbocycles. The summed E-state index contributed by atoms with van der Waals surface area (Å²) in [5.41, 5.74) is 3.23. The summed E-state index contributed by atoms with van der Waals surface area (Å²) in [6, 6.07) is 13.0. The molecule has 3 aromatic rings. The van der Waals surface area contributed by atoms with Gasteiger partial charge in [-0.1, -0.05) is 19.9 Å². The Morgan fingerprint density at radius 1 is 1.15 bits per heavy atom. The summed E-state index contributed by atoms with van der Waals surface area (Å²) in [7, 11) is 0. The molecule has 0 radical (unpaired) electrons. The van der Waals surface area contributed by atoms with Crippen molar-refractivity contribution in [1.82, 2.24) is 4.98 Å². The van der Waals surface area contributed by atoms with Gasteiger partial charge >= 0.3 is 0 Å². The van der Waals surface area contributed by atoms with Gasteiger partial charge < -0.3 is 19.2 Å². The molecule has 1 fully saturated rings. The number of hydrogen-bond donors (Lipinski definition) is 1. The van der Waals surface area contributed by atoms with Crippen LogP contribution in [-0.2, 0) is 14.9 Å². The Kier molecular flexibility index (Phi) is 4.61. The zero-order valence-electron chi connectivity index (χ0n) is 18.9. The summed E-state index contributed by atoms with van der Waals surface area (Å²) in [4.78, 5) is 16.8. The molecule has 0 amide bonds. The van der Waals surface area contributed by atoms with Crippen LogP contribution in [0.2, 0.25) is 0 Å². The van der Waals surface area contributed by atoms with Crippen molar-refractivity contribution in [2.24, 2.45) is 0 Å². The van der Waals surface area contributed by atoms with Crippen molar-refractivity contribution in [1.29, 1.82) is 10.5 Å². The van der Waals surface area contributed by atoms with Gasteiger partial charge in [-0.15, -0.1) is 0 Å². The number of aromatic amines is 1. The Labute approximate surface area is 191 Å². The highest BCUT2D eigenvalue weighted by atomic mass is 16.7. The number of fused-ring (bicyclic) bond motifs is 4. The van der Waals surface area contributed by atoms with E-state index in [-0.39, 0.29) is 23.0 Å². The lowest BCUT2D eigenvalue weighted by Gasteiger charge is -2.32. The highest BCUT2D eigenvalue weighted by molar-refractivity contribution is 6.20. The van der Waals surface area contributed by atoms with Gasteiger partial charge in [0.05, 0.1) is 28.8 Å². The molecule has 1 saturated heterocycles. The molecule has 1 unspecified atom stereocenters. The van der Waals surface area contributed by atoms with E-state index < -0.39 is 11.2 Å². The van der Waals surface area contributed by atoms with Gasteiger partial charge in [-0.25, -0.2) is 0 Å². The van der Waals surface area contributed by atoms with Crippen LogP contribution in [0, 0.1) is 22.7 Å². The predicted octanol–water partition coefficient (Wildman–Crippen LogP) is 4.31. The van der Waals surface area contributed by atoms with E-state index >= 15 is 0 Å². The summed E-state index contributed by atoms with van der Waals surface area (Å²) >= 11 is 0. The molecule has 1 aliphatic heterocycles. The van der Waals surface area contributed by atoms with Crippen LogP contribution in [-0.4, -0.2) is 35.9 Å². The maximum atomic E-state index is 13.5. The molecule has 166 valence electrons. The Morgan fingerprint density at radius 2 is 1.94 bits per heavy atom. The molecule has 5 rings (SSSR count). The number of benzene rings is 2. The fourth-order valence-electron chi connectivity index (χ4n) is 4.81. The van der Waals surface area contributed by atoms with E-state index in [1.807, 2.05) is 33.8 Å². The highest BCUT2D eigenvalue weighted by Gasteiger charge is 2.40. The Balaban J connectivity index is 1.55. The topological polar surface area (TPSA) is 108 Å². The van der Waals surface area contributed by atoms with Crippen LogP contribution < -0.4 is 4.74 Å². The molecule has 1 aromatic heterocycles. The number of nitriles is 2. The Bertz CT molecular complexity index is 1400. The fourth-order valence-corrected chi connectivity index (χ4v) is 4.81. The van der Waals surface area contributed by atoms with Crippen LogP contribution in [0.5, 0.6) is 5.75 Å². The van der Waals surface area contributed by atoms with Crippen molar-refractivity contribution < 1.29 is 19.0 Å². The number of rotatable bonds is 3. The fraction of sp³-hybridized carbons (Fsp3) is 0.346. The number of aromatic nitrogens is 1. The van der Waals surface area contributed by atoms with E-state index in [9.17, 15) is 15.3 Å². The van der Waals surface area contributed by atoms with Crippen LogP contribution in [0.1, 0.15) is 66.0 Å². The highest BCUT2D eigenvalue weighted by Crippen LogP contribution is 2.45. The third-order valence-electron chi connectivity index (χ3n) is 6.47. The van der Waals surface area contributed by atoms with Crippen LogP contribution in [0.15, 0.2) is 30.3 Å². The quantitative estimate of drug-likeness (QED) is 0.649. The number of ether oxygens (including phenoxy) is 3. The van der Waals surface area contributed by atoms with Crippen LogP contribution in [0.3, 0.4) is 0 Å². The lowest BCUT2D eigenvalue weighted by molar-refractivity contribution is -0.141. The third kappa shape index (κ3) is 3.21. The molecule has 2 aliphatic rings. The summed E-state index contributed by atoms with van der Waals surface area (Å²) in [6.07, 6.45) is -0.162. The van der Waals surface area contributed by atoms with Gasteiger partial charge in [0.25, 0.3) is 0 Å². The number of carbonyl (C=O) groups is 1. The summed E-state index contributed by atoms with van der Waals surface area (Å²) < 4.78 is 17.4. The summed E-state index contributed by atoms with van der Waals surface area (Å²) in [5.74, 6) is -0.0789. The van der Waals surface area contributed by atoms with Gasteiger partial charge in [0.1, 0.15) is 30.6 Å². The lowest BCUT2D eigenvalue weighted by Crippen LogP contribution is -2.30. The number of hydrogen-bond acceptors (Lipinski definition) is 6. The molecule has 7 heteroatoms. The second-order valence-corrected chi connectivity index (χ2v) is 9.43. The zero-order valence-corrected chi connectivity index (χ0v) is 18.9. The standard InChI is InChI=1S/C26H23N3O4/c1-25(2)20-9-15(31-12-16-13-32-26(3,4)33-16)6-8-17(20)23(30)21-18-7-5-14(10-27)19(11-28)22(18)29-24(21)25/h5-9,16,29H,12-13H2,1-4H3. The van der Waals surface area contributed by atoms with Gasteiger partial charge in [0.2, 0.25) is 0 Å². The Morgan fingerprint density at radius 3 is 2.61 bits per heavy atom. The SMILES string of the molecule is CC1(C)OCC(COc2ccc3c(c2)C(C)(C)c2[nH]c4c(C#N)c(C#N)ccc4c2C3=O)O1. The molecule has 33 heavy (non-hydrogen) atoms. The van der Waals surface area contributed by atoms with Crippen molar-refractivity contribution in [3.63, 3.8) is 0 Å². The summed E-state index contributed by atoms with van der Waals surface area (Å²) in [5, 5.41) is 19.7. The monoisotopic (exact) mass is 441 g/mol. The minimum absolute atomic E-state index is 0.111. The Hall–Kier alpha value is -3.65. The average Bonchev–Trinajstić information content (AvgIpc) is 3.35. The second kappa shape index (κ2) is 7.18.